The summed E-state index contributed by atoms with van der Waals surface area (Å²) in [6.45, 7) is 4.25. The molecule has 1 saturated heterocycles. The van der Waals surface area contributed by atoms with E-state index in [0.717, 1.165) is 31.7 Å². The van der Waals surface area contributed by atoms with Gasteiger partial charge in [-0.25, -0.2) is 0 Å². The van der Waals surface area contributed by atoms with Crippen molar-refractivity contribution in [3.63, 3.8) is 0 Å². The Bertz CT molecular complexity index is 401. The molecule has 0 aliphatic carbocycles. The molecule has 0 bridgehead atoms. The first kappa shape index (κ1) is 12.9. The number of benzene rings is 1. The van der Waals surface area contributed by atoms with Crippen LogP contribution in [0.3, 0.4) is 0 Å². The fraction of sp³-hybridized carbons (Fsp3) is 0.500. The number of anilines is 1. The highest BCUT2D eigenvalue weighted by atomic mass is 16.5. The zero-order chi connectivity index (χ0) is 12.8. The standard InChI is InChI=1S/C14H20N2O2/c1-2-15-13-8-4-3-7-12(13)14(17)16-11-6-5-9-18-10-11/h3-4,7-8,11,15H,2,5-6,9-10H2,1H3,(H,16,17). The van der Waals surface area contributed by atoms with Crippen molar-refractivity contribution in [2.24, 2.45) is 0 Å². The summed E-state index contributed by atoms with van der Waals surface area (Å²) in [6, 6.07) is 7.72. The summed E-state index contributed by atoms with van der Waals surface area (Å²) in [5, 5.41) is 6.23. The normalized spacial score (nSPS) is 19.3. The van der Waals surface area contributed by atoms with E-state index in [1.54, 1.807) is 0 Å². The van der Waals surface area contributed by atoms with Crippen LogP contribution in [-0.2, 0) is 4.74 Å². The van der Waals surface area contributed by atoms with Crippen LogP contribution in [0, 0.1) is 0 Å². The van der Waals surface area contributed by atoms with Crippen LogP contribution >= 0.6 is 0 Å². The van der Waals surface area contributed by atoms with E-state index >= 15 is 0 Å². The van der Waals surface area contributed by atoms with Gasteiger partial charge >= 0.3 is 0 Å². The molecule has 1 amide bonds. The summed E-state index contributed by atoms with van der Waals surface area (Å²) in [4.78, 5) is 12.2. The zero-order valence-electron chi connectivity index (χ0n) is 10.7. The second-order valence-corrected chi connectivity index (χ2v) is 4.46. The molecule has 1 aromatic rings. The predicted molar refractivity (Wildman–Crippen MR) is 71.9 cm³/mol. The molecule has 1 fully saturated rings. The van der Waals surface area contributed by atoms with Crippen molar-refractivity contribution in [1.29, 1.82) is 0 Å². The van der Waals surface area contributed by atoms with Crippen molar-refractivity contribution in [3.8, 4) is 0 Å². The Kier molecular flexibility index (Phi) is 4.59. The smallest absolute Gasteiger partial charge is 0.253 e. The van der Waals surface area contributed by atoms with Crippen LogP contribution in [0.1, 0.15) is 30.1 Å². The van der Waals surface area contributed by atoms with Gasteiger partial charge in [-0.2, -0.15) is 0 Å². The van der Waals surface area contributed by atoms with Gasteiger partial charge in [0.2, 0.25) is 0 Å². The molecular formula is C14H20N2O2. The van der Waals surface area contributed by atoms with E-state index < -0.39 is 0 Å². The zero-order valence-corrected chi connectivity index (χ0v) is 10.7. The summed E-state index contributed by atoms with van der Waals surface area (Å²) < 4.78 is 5.37. The first-order valence-electron chi connectivity index (χ1n) is 6.52. The second-order valence-electron chi connectivity index (χ2n) is 4.46. The van der Waals surface area contributed by atoms with Crippen LogP contribution in [0.2, 0.25) is 0 Å². The van der Waals surface area contributed by atoms with Crippen molar-refractivity contribution in [1.82, 2.24) is 5.32 Å². The summed E-state index contributed by atoms with van der Waals surface area (Å²) in [6.07, 6.45) is 2.01. The molecule has 2 N–H and O–H groups in total. The summed E-state index contributed by atoms with van der Waals surface area (Å²) in [5.74, 6) is -0.0259. The maximum Gasteiger partial charge on any atom is 0.253 e. The fourth-order valence-corrected chi connectivity index (χ4v) is 2.14. The highest BCUT2D eigenvalue weighted by Gasteiger charge is 2.18. The number of carbonyl (C=O) groups is 1. The molecule has 0 radical (unpaired) electrons. The maximum atomic E-state index is 12.2. The second kappa shape index (κ2) is 6.40. The molecule has 1 heterocycles. The van der Waals surface area contributed by atoms with Crippen molar-refractivity contribution < 1.29 is 9.53 Å². The third-order valence-electron chi connectivity index (χ3n) is 3.03. The van der Waals surface area contributed by atoms with Crippen LogP contribution in [0.4, 0.5) is 5.69 Å². The van der Waals surface area contributed by atoms with Crippen molar-refractivity contribution >= 4 is 11.6 Å². The van der Waals surface area contributed by atoms with Gasteiger partial charge < -0.3 is 15.4 Å². The molecule has 4 nitrogen and oxygen atoms in total. The number of rotatable bonds is 4. The van der Waals surface area contributed by atoms with E-state index in [0.29, 0.717) is 12.2 Å². The molecule has 1 unspecified atom stereocenters. The molecule has 0 saturated carbocycles. The van der Waals surface area contributed by atoms with E-state index in [-0.39, 0.29) is 11.9 Å². The number of carbonyl (C=O) groups excluding carboxylic acids is 1. The van der Waals surface area contributed by atoms with Crippen LogP contribution < -0.4 is 10.6 Å². The van der Waals surface area contributed by atoms with Crippen LogP contribution in [-0.4, -0.2) is 31.7 Å². The molecule has 2 rings (SSSR count). The van der Waals surface area contributed by atoms with Gasteiger partial charge in [-0.3, -0.25) is 4.79 Å². The maximum absolute atomic E-state index is 12.2. The Morgan fingerprint density at radius 1 is 1.44 bits per heavy atom. The Hall–Kier alpha value is -1.55. The highest BCUT2D eigenvalue weighted by molar-refractivity contribution is 5.99. The lowest BCUT2D eigenvalue weighted by Gasteiger charge is -2.23. The van der Waals surface area contributed by atoms with E-state index in [1.165, 1.54) is 0 Å². The minimum absolute atomic E-state index is 0.0259. The largest absolute Gasteiger partial charge is 0.385 e. The Morgan fingerprint density at radius 2 is 2.28 bits per heavy atom. The minimum Gasteiger partial charge on any atom is -0.385 e. The van der Waals surface area contributed by atoms with Crippen LogP contribution in [0.5, 0.6) is 0 Å². The van der Waals surface area contributed by atoms with Gasteiger partial charge in [0, 0.05) is 18.8 Å². The SMILES string of the molecule is CCNc1ccccc1C(=O)NC1CCCOC1. The Labute approximate surface area is 108 Å². The van der Waals surface area contributed by atoms with Gasteiger partial charge in [0.05, 0.1) is 18.2 Å². The minimum atomic E-state index is -0.0259. The third kappa shape index (κ3) is 3.23. The molecule has 98 valence electrons. The average molecular weight is 248 g/mol. The van der Waals surface area contributed by atoms with Gasteiger partial charge in [0.15, 0.2) is 0 Å². The lowest BCUT2D eigenvalue weighted by Crippen LogP contribution is -2.40. The topological polar surface area (TPSA) is 50.4 Å². The number of hydrogen-bond donors (Lipinski definition) is 2. The molecular weight excluding hydrogens is 228 g/mol. The first-order chi connectivity index (χ1) is 8.81. The summed E-state index contributed by atoms with van der Waals surface area (Å²) >= 11 is 0. The lowest BCUT2D eigenvalue weighted by atomic mass is 10.1. The van der Waals surface area contributed by atoms with Crippen molar-refractivity contribution in [3.05, 3.63) is 29.8 Å². The van der Waals surface area contributed by atoms with Crippen LogP contribution in [0.25, 0.3) is 0 Å². The molecule has 1 aliphatic rings. The molecule has 18 heavy (non-hydrogen) atoms. The molecule has 1 aliphatic heterocycles. The van der Waals surface area contributed by atoms with Gasteiger partial charge in [0.25, 0.3) is 5.91 Å². The fourth-order valence-electron chi connectivity index (χ4n) is 2.14. The van der Waals surface area contributed by atoms with Crippen molar-refractivity contribution in [2.75, 3.05) is 25.1 Å². The molecule has 0 aromatic heterocycles. The quantitative estimate of drug-likeness (QED) is 0.857. The molecule has 4 heteroatoms. The summed E-state index contributed by atoms with van der Waals surface area (Å²) in [7, 11) is 0. The highest BCUT2D eigenvalue weighted by Crippen LogP contribution is 2.15. The number of hydrogen-bond acceptors (Lipinski definition) is 3. The van der Waals surface area contributed by atoms with Gasteiger partial charge in [-0.05, 0) is 31.9 Å². The van der Waals surface area contributed by atoms with E-state index in [1.807, 2.05) is 31.2 Å². The van der Waals surface area contributed by atoms with E-state index in [4.69, 9.17) is 4.74 Å². The molecule has 1 atom stereocenters. The third-order valence-corrected chi connectivity index (χ3v) is 3.03. The molecule has 1 aromatic carbocycles. The lowest BCUT2D eigenvalue weighted by molar-refractivity contribution is 0.0624. The summed E-state index contributed by atoms with van der Waals surface area (Å²) in [5.41, 5.74) is 1.58. The van der Waals surface area contributed by atoms with Gasteiger partial charge in [0.1, 0.15) is 0 Å². The van der Waals surface area contributed by atoms with Gasteiger partial charge in [-0.1, -0.05) is 12.1 Å². The Balaban J connectivity index is 2.03. The number of ether oxygens (including phenoxy) is 1. The van der Waals surface area contributed by atoms with E-state index in [2.05, 4.69) is 10.6 Å². The van der Waals surface area contributed by atoms with Crippen LogP contribution in [0.15, 0.2) is 24.3 Å². The van der Waals surface area contributed by atoms with Crippen molar-refractivity contribution in [2.45, 2.75) is 25.8 Å². The number of para-hydroxylation sites is 1. The monoisotopic (exact) mass is 248 g/mol. The Morgan fingerprint density at radius 3 is 3.00 bits per heavy atom. The predicted octanol–water partition coefficient (Wildman–Crippen LogP) is 2.03. The first-order valence-corrected chi connectivity index (χ1v) is 6.52. The number of nitrogens with one attached hydrogen (secondary N) is 2. The molecule has 0 spiro atoms. The average Bonchev–Trinajstić information content (AvgIpc) is 2.41. The van der Waals surface area contributed by atoms with Gasteiger partial charge in [-0.15, -0.1) is 0 Å². The van der Waals surface area contributed by atoms with E-state index in [9.17, 15) is 4.79 Å². The number of amides is 1.